The Labute approximate surface area is 178 Å². The van der Waals surface area contributed by atoms with Crippen LogP contribution in [0.15, 0.2) is 11.6 Å². The fourth-order valence-electron chi connectivity index (χ4n) is 5.73. The standard InChI is InChI=1S/C21H32N2O5.ClH/c1-6-22(7-2)10-15(25)11-23-19(26)17-16-12(3)8-21(9-13(16)4,28-14(5)24)18(17)20(23)27;/h8,13,15-18,25H,6-7,9-11H2,1-5H3;1H. The molecule has 1 saturated carbocycles. The number of imide groups is 1. The Morgan fingerprint density at radius 2 is 1.93 bits per heavy atom. The molecule has 0 aromatic heterocycles. The number of aliphatic hydroxyl groups is 1. The number of likely N-dealkylation sites (tertiary alicyclic amines) is 1. The van der Waals surface area contributed by atoms with Crippen LogP contribution in [0.1, 0.15) is 41.0 Å². The summed E-state index contributed by atoms with van der Waals surface area (Å²) in [5, 5.41) is 10.5. The van der Waals surface area contributed by atoms with Crippen LogP contribution in [0.5, 0.6) is 0 Å². The molecule has 0 aromatic rings. The molecule has 2 amide bonds. The van der Waals surface area contributed by atoms with E-state index < -0.39 is 29.5 Å². The predicted octanol–water partition coefficient (Wildman–Crippen LogP) is 1.63. The monoisotopic (exact) mass is 428 g/mol. The summed E-state index contributed by atoms with van der Waals surface area (Å²) < 4.78 is 5.71. The van der Waals surface area contributed by atoms with Gasteiger partial charge in [-0.3, -0.25) is 19.3 Å². The summed E-state index contributed by atoms with van der Waals surface area (Å²) in [6.07, 6.45) is 1.63. The number of rotatable bonds is 7. The Morgan fingerprint density at radius 3 is 2.45 bits per heavy atom. The molecule has 8 heteroatoms. The van der Waals surface area contributed by atoms with E-state index in [2.05, 4.69) is 4.90 Å². The van der Waals surface area contributed by atoms with Crippen LogP contribution in [-0.4, -0.2) is 70.6 Å². The fourth-order valence-corrected chi connectivity index (χ4v) is 5.73. The lowest BCUT2D eigenvalue weighted by atomic mass is 9.54. The molecule has 1 aliphatic heterocycles. The average Bonchev–Trinajstić information content (AvgIpc) is 2.84. The molecule has 1 saturated heterocycles. The van der Waals surface area contributed by atoms with Crippen molar-refractivity contribution in [3.63, 3.8) is 0 Å². The van der Waals surface area contributed by atoms with E-state index >= 15 is 0 Å². The first kappa shape index (κ1) is 23.8. The van der Waals surface area contributed by atoms with Crippen LogP contribution in [-0.2, 0) is 19.1 Å². The van der Waals surface area contributed by atoms with Crippen LogP contribution in [0.2, 0.25) is 0 Å². The lowest BCUT2D eigenvalue weighted by Gasteiger charge is -2.52. The molecule has 4 aliphatic rings. The molecule has 4 rings (SSSR count). The van der Waals surface area contributed by atoms with Gasteiger partial charge in [0, 0.05) is 13.5 Å². The second-order valence-electron chi connectivity index (χ2n) is 8.57. The maximum Gasteiger partial charge on any atom is 0.303 e. The quantitative estimate of drug-likeness (QED) is 0.377. The normalized spacial score (nSPS) is 34.0. The SMILES string of the molecule is CCN(CC)CC(O)CN1C(=O)C2C3C(C)=CC(OC(C)=O)(CC3C)C2C1=O.Cl. The number of ether oxygens (including phenoxy) is 1. The van der Waals surface area contributed by atoms with Crippen LogP contribution in [0, 0.1) is 23.7 Å². The number of β-amino-alcohol motifs (C(OH)–C–C–N with tert-alkyl or cyclic N) is 1. The minimum absolute atomic E-state index is 0. The summed E-state index contributed by atoms with van der Waals surface area (Å²) >= 11 is 0. The number of nitrogens with zero attached hydrogens (tertiary/aromatic N) is 2. The van der Waals surface area contributed by atoms with E-state index in [1.54, 1.807) is 0 Å². The molecule has 3 aliphatic carbocycles. The van der Waals surface area contributed by atoms with Gasteiger partial charge in [-0.2, -0.15) is 0 Å². The van der Waals surface area contributed by atoms with Gasteiger partial charge in [0.05, 0.1) is 24.5 Å². The molecule has 1 N–H and O–H groups in total. The van der Waals surface area contributed by atoms with E-state index in [1.807, 2.05) is 33.8 Å². The van der Waals surface area contributed by atoms with Gasteiger partial charge in [0.1, 0.15) is 5.60 Å². The molecule has 29 heavy (non-hydrogen) atoms. The average molecular weight is 429 g/mol. The van der Waals surface area contributed by atoms with Crippen LogP contribution in [0.4, 0.5) is 0 Å². The molecular formula is C21H33ClN2O5. The third-order valence-electron chi connectivity index (χ3n) is 6.70. The Hall–Kier alpha value is -1.44. The van der Waals surface area contributed by atoms with Crippen LogP contribution in [0.3, 0.4) is 0 Å². The molecule has 0 spiro atoms. The second kappa shape index (κ2) is 8.74. The molecule has 2 fully saturated rings. The smallest absolute Gasteiger partial charge is 0.303 e. The topological polar surface area (TPSA) is 87.2 Å². The van der Waals surface area contributed by atoms with Crippen LogP contribution in [0.25, 0.3) is 0 Å². The first-order valence-electron chi connectivity index (χ1n) is 10.3. The first-order chi connectivity index (χ1) is 13.1. The van der Waals surface area contributed by atoms with Crippen molar-refractivity contribution >= 4 is 30.2 Å². The highest BCUT2D eigenvalue weighted by molar-refractivity contribution is 6.07. The summed E-state index contributed by atoms with van der Waals surface area (Å²) in [6.45, 7) is 11.3. The summed E-state index contributed by atoms with van der Waals surface area (Å²) in [4.78, 5) is 41.6. The molecule has 1 heterocycles. The number of allylic oxidation sites excluding steroid dienone is 1. The highest BCUT2D eigenvalue weighted by atomic mass is 35.5. The van der Waals surface area contributed by atoms with Crippen molar-refractivity contribution in [1.82, 2.24) is 9.80 Å². The minimum Gasteiger partial charge on any atom is -0.454 e. The van der Waals surface area contributed by atoms with Gasteiger partial charge >= 0.3 is 5.97 Å². The molecule has 0 radical (unpaired) electrons. The highest BCUT2D eigenvalue weighted by Crippen LogP contribution is 2.58. The summed E-state index contributed by atoms with van der Waals surface area (Å²) in [5.41, 5.74) is -0.0481. The highest BCUT2D eigenvalue weighted by Gasteiger charge is 2.67. The lowest BCUT2D eigenvalue weighted by molar-refractivity contribution is -0.173. The Kier molecular flexibility index (Phi) is 7.18. The van der Waals surface area contributed by atoms with Crippen molar-refractivity contribution < 1.29 is 24.2 Å². The van der Waals surface area contributed by atoms with Gasteiger partial charge in [-0.25, -0.2) is 0 Å². The van der Waals surface area contributed by atoms with E-state index in [1.165, 1.54) is 11.8 Å². The summed E-state index contributed by atoms with van der Waals surface area (Å²) in [6, 6.07) is 0. The van der Waals surface area contributed by atoms with Gasteiger partial charge in [0.2, 0.25) is 11.8 Å². The second-order valence-corrected chi connectivity index (χ2v) is 8.57. The number of esters is 1. The van der Waals surface area contributed by atoms with Gasteiger partial charge in [-0.1, -0.05) is 26.3 Å². The van der Waals surface area contributed by atoms with E-state index in [0.29, 0.717) is 13.0 Å². The van der Waals surface area contributed by atoms with Crippen LogP contribution < -0.4 is 0 Å². The van der Waals surface area contributed by atoms with Crippen molar-refractivity contribution in [3.8, 4) is 0 Å². The van der Waals surface area contributed by atoms with Crippen molar-refractivity contribution in [3.05, 3.63) is 11.6 Å². The Bertz CT molecular complexity index is 707. The van der Waals surface area contributed by atoms with Gasteiger partial charge in [-0.05, 0) is 44.3 Å². The molecule has 2 bridgehead atoms. The molecule has 0 aromatic carbocycles. The van der Waals surface area contributed by atoms with Crippen molar-refractivity contribution in [2.75, 3.05) is 26.2 Å². The molecule has 7 nitrogen and oxygen atoms in total. The van der Waals surface area contributed by atoms with E-state index in [0.717, 1.165) is 18.7 Å². The van der Waals surface area contributed by atoms with Gasteiger partial charge < -0.3 is 14.7 Å². The van der Waals surface area contributed by atoms with Gasteiger partial charge in [-0.15, -0.1) is 12.4 Å². The molecule has 6 atom stereocenters. The number of hydrogen-bond donors (Lipinski definition) is 1. The number of amides is 2. The van der Waals surface area contributed by atoms with Crippen molar-refractivity contribution in [1.29, 1.82) is 0 Å². The number of likely N-dealkylation sites (N-methyl/N-ethyl adjacent to an activating group) is 1. The number of hydrogen-bond acceptors (Lipinski definition) is 6. The van der Waals surface area contributed by atoms with Gasteiger partial charge in [0.25, 0.3) is 0 Å². The summed E-state index contributed by atoms with van der Waals surface area (Å²) in [5.74, 6) is -2.09. The van der Waals surface area contributed by atoms with Gasteiger partial charge in [0.15, 0.2) is 0 Å². The summed E-state index contributed by atoms with van der Waals surface area (Å²) in [7, 11) is 0. The van der Waals surface area contributed by atoms with E-state index in [-0.39, 0.29) is 42.6 Å². The van der Waals surface area contributed by atoms with Crippen molar-refractivity contribution in [2.45, 2.75) is 52.7 Å². The number of carbonyl (C=O) groups is 3. The third-order valence-corrected chi connectivity index (χ3v) is 6.70. The zero-order valence-electron chi connectivity index (χ0n) is 17.9. The largest absolute Gasteiger partial charge is 0.454 e. The number of halogens is 1. The zero-order valence-corrected chi connectivity index (χ0v) is 18.7. The lowest BCUT2D eigenvalue weighted by Crippen LogP contribution is -2.57. The molecule has 164 valence electrons. The maximum absolute atomic E-state index is 13.3. The Balaban J connectivity index is 0.00000300. The predicted molar refractivity (Wildman–Crippen MR) is 110 cm³/mol. The maximum atomic E-state index is 13.3. The number of fused-ring (bicyclic) bond motifs is 1. The minimum atomic E-state index is -1.06. The first-order valence-corrected chi connectivity index (χ1v) is 10.3. The zero-order chi connectivity index (χ0) is 20.8. The number of carbonyl (C=O) groups excluding carboxylic acids is 3. The number of aliphatic hydroxyl groups excluding tert-OH is 1. The van der Waals surface area contributed by atoms with Crippen LogP contribution >= 0.6 is 12.4 Å². The van der Waals surface area contributed by atoms with Crippen molar-refractivity contribution in [2.24, 2.45) is 23.7 Å². The Morgan fingerprint density at radius 1 is 1.31 bits per heavy atom. The van der Waals surface area contributed by atoms with E-state index in [4.69, 9.17) is 4.74 Å². The third kappa shape index (κ3) is 3.97. The molecule has 6 unspecified atom stereocenters. The van der Waals surface area contributed by atoms with E-state index in [9.17, 15) is 19.5 Å². The molecular weight excluding hydrogens is 396 g/mol. The fraction of sp³-hybridized carbons (Fsp3) is 0.762.